The molecule has 2 saturated heterocycles. The first-order valence-corrected chi connectivity index (χ1v) is 6.10. The molecule has 0 aromatic carbocycles. The van der Waals surface area contributed by atoms with Gasteiger partial charge in [-0.1, -0.05) is 0 Å². The Hall–Kier alpha value is -0.810. The third kappa shape index (κ3) is 3.35. The highest BCUT2D eigenvalue weighted by Gasteiger charge is 2.15. The highest BCUT2D eigenvalue weighted by molar-refractivity contribution is 5.78. The van der Waals surface area contributed by atoms with Crippen LogP contribution in [-0.2, 0) is 9.47 Å². The first-order valence-electron chi connectivity index (χ1n) is 6.10. The van der Waals surface area contributed by atoms with E-state index in [9.17, 15) is 0 Å². The maximum absolute atomic E-state index is 5.93. The Morgan fingerprint density at radius 3 is 2.75 bits per heavy atom. The molecule has 2 fully saturated rings. The minimum Gasteiger partial charge on any atom is -0.378 e. The number of aliphatic imine (C=N–C) groups is 1. The molecule has 0 saturated carbocycles. The van der Waals surface area contributed by atoms with Crippen LogP contribution in [0.5, 0.6) is 0 Å². The van der Waals surface area contributed by atoms with E-state index < -0.39 is 0 Å². The summed E-state index contributed by atoms with van der Waals surface area (Å²) in [4.78, 5) is 6.49. The van der Waals surface area contributed by atoms with Crippen LogP contribution >= 0.6 is 0 Å². The molecule has 16 heavy (non-hydrogen) atoms. The van der Waals surface area contributed by atoms with Crippen LogP contribution in [0.15, 0.2) is 4.99 Å². The minimum absolute atomic E-state index is 0.272. The Kier molecular flexibility index (Phi) is 4.42. The van der Waals surface area contributed by atoms with Crippen molar-refractivity contribution < 1.29 is 9.47 Å². The van der Waals surface area contributed by atoms with Gasteiger partial charge in [0, 0.05) is 19.7 Å². The molecule has 2 aliphatic heterocycles. The van der Waals surface area contributed by atoms with Crippen LogP contribution < -0.4 is 5.73 Å². The first-order chi connectivity index (χ1) is 7.86. The Bertz CT molecular complexity index is 233. The van der Waals surface area contributed by atoms with E-state index in [-0.39, 0.29) is 6.10 Å². The minimum atomic E-state index is 0.272. The van der Waals surface area contributed by atoms with Gasteiger partial charge in [-0.25, -0.2) is 0 Å². The number of rotatable bonds is 2. The molecule has 1 atom stereocenters. The predicted octanol–water partition coefficient (Wildman–Crippen LogP) is 0.202. The number of morpholine rings is 1. The molecule has 0 aromatic heterocycles. The van der Waals surface area contributed by atoms with E-state index in [1.807, 2.05) is 0 Å². The van der Waals surface area contributed by atoms with Crippen molar-refractivity contribution in [1.82, 2.24) is 4.90 Å². The standard InChI is InChI=1S/C11H21N3O2/c12-11(14-4-7-15-8-5-14)13-9-10-3-1-2-6-16-10/h10H,1-9H2,(H2,12,13). The molecule has 1 unspecified atom stereocenters. The van der Waals surface area contributed by atoms with Gasteiger partial charge in [0.15, 0.2) is 5.96 Å². The molecule has 0 aliphatic carbocycles. The molecule has 0 spiro atoms. The third-order valence-electron chi connectivity index (χ3n) is 3.07. The lowest BCUT2D eigenvalue weighted by atomic mass is 10.1. The Labute approximate surface area is 96.6 Å². The monoisotopic (exact) mass is 227 g/mol. The average Bonchev–Trinajstić information content (AvgIpc) is 2.38. The lowest BCUT2D eigenvalue weighted by Crippen LogP contribution is -2.45. The summed E-state index contributed by atoms with van der Waals surface area (Å²) in [7, 11) is 0. The largest absolute Gasteiger partial charge is 0.378 e. The molecular weight excluding hydrogens is 206 g/mol. The molecule has 0 aromatic rings. The van der Waals surface area contributed by atoms with Crippen LogP contribution in [-0.4, -0.2) is 56.4 Å². The fraction of sp³-hybridized carbons (Fsp3) is 0.909. The van der Waals surface area contributed by atoms with Gasteiger partial charge >= 0.3 is 0 Å². The SMILES string of the molecule is NC(=NCC1CCCCO1)N1CCOCC1. The number of nitrogens with two attached hydrogens (primary N) is 1. The average molecular weight is 227 g/mol. The summed E-state index contributed by atoms with van der Waals surface area (Å²) in [5.41, 5.74) is 5.93. The highest BCUT2D eigenvalue weighted by Crippen LogP contribution is 2.12. The molecule has 2 heterocycles. The molecule has 5 heteroatoms. The third-order valence-corrected chi connectivity index (χ3v) is 3.07. The summed E-state index contributed by atoms with van der Waals surface area (Å²) < 4.78 is 10.9. The van der Waals surface area contributed by atoms with Gasteiger partial charge in [-0.05, 0) is 19.3 Å². The number of ether oxygens (including phenoxy) is 2. The van der Waals surface area contributed by atoms with Crippen molar-refractivity contribution in [2.75, 3.05) is 39.5 Å². The predicted molar refractivity (Wildman–Crippen MR) is 62.5 cm³/mol. The zero-order valence-corrected chi connectivity index (χ0v) is 9.73. The van der Waals surface area contributed by atoms with Gasteiger partial charge in [-0.3, -0.25) is 4.99 Å². The molecule has 0 radical (unpaired) electrons. The Morgan fingerprint density at radius 2 is 2.06 bits per heavy atom. The smallest absolute Gasteiger partial charge is 0.191 e. The lowest BCUT2D eigenvalue weighted by molar-refractivity contribution is 0.0220. The van der Waals surface area contributed by atoms with Crippen LogP contribution in [0.25, 0.3) is 0 Å². The van der Waals surface area contributed by atoms with Crippen LogP contribution in [0.1, 0.15) is 19.3 Å². The van der Waals surface area contributed by atoms with E-state index in [0.717, 1.165) is 39.3 Å². The Balaban J connectivity index is 1.76. The lowest BCUT2D eigenvalue weighted by Gasteiger charge is -2.28. The molecule has 92 valence electrons. The van der Waals surface area contributed by atoms with Crippen molar-refractivity contribution in [1.29, 1.82) is 0 Å². The zero-order valence-electron chi connectivity index (χ0n) is 9.73. The van der Waals surface area contributed by atoms with E-state index >= 15 is 0 Å². The summed E-state index contributed by atoms with van der Waals surface area (Å²) >= 11 is 0. The van der Waals surface area contributed by atoms with E-state index in [0.29, 0.717) is 12.5 Å². The number of nitrogens with zero attached hydrogens (tertiary/aromatic N) is 2. The van der Waals surface area contributed by atoms with Crippen molar-refractivity contribution in [3.05, 3.63) is 0 Å². The van der Waals surface area contributed by atoms with Crippen molar-refractivity contribution >= 4 is 5.96 Å². The van der Waals surface area contributed by atoms with Crippen LogP contribution in [0.3, 0.4) is 0 Å². The first kappa shape index (κ1) is 11.7. The highest BCUT2D eigenvalue weighted by atomic mass is 16.5. The zero-order chi connectivity index (χ0) is 11.2. The second kappa shape index (κ2) is 6.06. The van der Waals surface area contributed by atoms with Gasteiger partial charge in [0.2, 0.25) is 0 Å². The maximum atomic E-state index is 5.93. The molecule has 0 amide bonds. The van der Waals surface area contributed by atoms with E-state index in [1.54, 1.807) is 0 Å². The molecule has 0 bridgehead atoms. The fourth-order valence-corrected chi connectivity index (χ4v) is 2.04. The maximum Gasteiger partial charge on any atom is 0.191 e. The van der Waals surface area contributed by atoms with Gasteiger partial charge < -0.3 is 20.1 Å². The van der Waals surface area contributed by atoms with E-state index in [1.165, 1.54) is 12.8 Å². The van der Waals surface area contributed by atoms with Crippen LogP contribution in [0.4, 0.5) is 0 Å². The number of hydrogen-bond acceptors (Lipinski definition) is 3. The number of hydrogen-bond donors (Lipinski definition) is 1. The van der Waals surface area contributed by atoms with Crippen LogP contribution in [0, 0.1) is 0 Å². The van der Waals surface area contributed by atoms with Gasteiger partial charge in [0.05, 0.1) is 25.9 Å². The van der Waals surface area contributed by atoms with Gasteiger partial charge in [-0.15, -0.1) is 0 Å². The number of guanidine groups is 1. The summed E-state index contributed by atoms with van der Waals surface area (Å²) in [6.07, 6.45) is 3.81. The summed E-state index contributed by atoms with van der Waals surface area (Å²) in [6.45, 7) is 4.76. The van der Waals surface area contributed by atoms with Crippen molar-refractivity contribution in [2.24, 2.45) is 10.7 Å². The molecule has 5 nitrogen and oxygen atoms in total. The van der Waals surface area contributed by atoms with Gasteiger partial charge in [0.1, 0.15) is 0 Å². The second-order valence-electron chi connectivity index (χ2n) is 4.29. The van der Waals surface area contributed by atoms with Gasteiger partial charge in [0.25, 0.3) is 0 Å². The van der Waals surface area contributed by atoms with Crippen molar-refractivity contribution in [3.63, 3.8) is 0 Å². The normalized spacial score (nSPS) is 28.1. The molecule has 2 rings (SSSR count). The van der Waals surface area contributed by atoms with Crippen molar-refractivity contribution in [3.8, 4) is 0 Å². The van der Waals surface area contributed by atoms with E-state index in [4.69, 9.17) is 15.2 Å². The summed E-state index contributed by atoms with van der Waals surface area (Å²) in [6, 6.07) is 0. The fourth-order valence-electron chi connectivity index (χ4n) is 2.04. The van der Waals surface area contributed by atoms with E-state index in [2.05, 4.69) is 9.89 Å². The van der Waals surface area contributed by atoms with Crippen molar-refractivity contribution in [2.45, 2.75) is 25.4 Å². The topological polar surface area (TPSA) is 60.1 Å². The van der Waals surface area contributed by atoms with Gasteiger partial charge in [-0.2, -0.15) is 0 Å². The van der Waals surface area contributed by atoms with Crippen LogP contribution in [0.2, 0.25) is 0 Å². The summed E-state index contributed by atoms with van der Waals surface area (Å²) in [5.74, 6) is 0.637. The molecule has 2 aliphatic rings. The Morgan fingerprint density at radius 1 is 1.25 bits per heavy atom. The second-order valence-corrected chi connectivity index (χ2v) is 4.29. The quantitative estimate of drug-likeness (QED) is 0.541. The summed E-state index contributed by atoms with van der Waals surface area (Å²) in [5, 5.41) is 0. The molecular formula is C11H21N3O2. The molecule has 2 N–H and O–H groups in total.